The molecule has 0 radical (unpaired) electrons. The molecular formula is C10H21ClN2. The molecular weight excluding hydrogens is 184 g/mol. The quantitative estimate of drug-likeness (QED) is 0.497. The summed E-state index contributed by atoms with van der Waals surface area (Å²) in [4.78, 5) is 4.89. The Balaban J connectivity index is 2.10. The Morgan fingerprint density at radius 1 is 1.38 bits per heavy atom. The maximum Gasteiger partial charge on any atom is 0.0229 e. The number of hydrogen-bond acceptors (Lipinski definition) is 2. The normalized spacial score (nSPS) is 24.5. The van der Waals surface area contributed by atoms with Crippen LogP contribution in [0, 0.1) is 0 Å². The molecule has 1 unspecified atom stereocenters. The first-order valence-corrected chi connectivity index (χ1v) is 5.72. The van der Waals surface area contributed by atoms with Gasteiger partial charge in [-0.1, -0.05) is 0 Å². The molecule has 2 nitrogen and oxygen atoms in total. The van der Waals surface area contributed by atoms with E-state index < -0.39 is 0 Å². The number of halogens is 1. The second kappa shape index (κ2) is 5.84. The van der Waals surface area contributed by atoms with Gasteiger partial charge >= 0.3 is 0 Å². The van der Waals surface area contributed by atoms with Gasteiger partial charge in [0.1, 0.15) is 0 Å². The van der Waals surface area contributed by atoms with Crippen molar-refractivity contribution in [2.45, 2.75) is 25.3 Å². The monoisotopic (exact) mass is 204 g/mol. The fraction of sp³-hybridized carbons (Fsp3) is 1.00. The molecule has 0 saturated carbocycles. The van der Waals surface area contributed by atoms with Gasteiger partial charge in [0.25, 0.3) is 0 Å². The predicted octanol–water partition coefficient (Wildman–Crippen LogP) is 1.64. The summed E-state index contributed by atoms with van der Waals surface area (Å²) in [6, 6.07) is 0.774. The van der Waals surface area contributed by atoms with Crippen LogP contribution in [-0.4, -0.2) is 55.5 Å². The number of hydrogen-bond donors (Lipinski definition) is 0. The van der Waals surface area contributed by atoms with Gasteiger partial charge in [-0.25, -0.2) is 0 Å². The van der Waals surface area contributed by atoms with E-state index in [9.17, 15) is 0 Å². The van der Waals surface area contributed by atoms with Gasteiger partial charge in [-0.05, 0) is 46.4 Å². The Bertz CT molecular complexity index is 139. The number of likely N-dealkylation sites (N-methyl/N-ethyl adjacent to an activating group) is 1. The molecule has 1 rings (SSSR count). The van der Waals surface area contributed by atoms with Crippen molar-refractivity contribution in [3.63, 3.8) is 0 Å². The van der Waals surface area contributed by atoms with Crippen molar-refractivity contribution in [2.24, 2.45) is 0 Å². The minimum Gasteiger partial charge on any atom is -0.305 e. The molecule has 0 spiro atoms. The van der Waals surface area contributed by atoms with Gasteiger partial charge in [0.05, 0.1) is 0 Å². The number of rotatable bonds is 5. The van der Waals surface area contributed by atoms with E-state index >= 15 is 0 Å². The van der Waals surface area contributed by atoms with Crippen molar-refractivity contribution in [1.29, 1.82) is 0 Å². The van der Waals surface area contributed by atoms with E-state index in [4.69, 9.17) is 11.6 Å². The second-order valence-electron chi connectivity index (χ2n) is 4.10. The summed E-state index contributed by atoms with van der Waals surface area (Å²) in [5.41, 5.74) is 0. The van der Waals surface area contributed by atoms with Crippen LogP contribution in [0.15, 0.2) is 0 Å². The Hall–Kier alpha value is 0.210. The lowest BCUT2D eigenvalue weighted by molar-refractivity contribution is 0.267. The summed E-state index contributed by atoms with van der Waals surface area (Å²) in [6.45, 7) is 3.75. The molecule has 1 saturated heterocycles. The average molecular weight is 205 g/mol. The Labute approximate surface area is 86.8 Å². The maximum atomic E-state index is 5.64. The standard InChI is InChI=1S/C10H21ClN2/c1-12(2)10-5-8-13(9-10)7-4-3-6-11/h10H,3-9H2,1-2H3. The lowest BCUT2D eigenvalue weighted by atomic mass is 10.2. The molecule has 0 N–H and O–H groups in total. The van der Waals surface area contributed by atoms with Crippen molar-refractivity contribution < 1.29 is 0 Å². The summed E-state index contributed by atoms with van der Waals surface area (Å²) in [5, 5.41) is 0. The number of alkyl halides is 1. The van der Waals surface area contributed by atoms with Gasteiger partial charge in [-0.15, -0.1) is 11.6 Å². The molecule has 13 heavy (non-hydrogen) atoms. The van der Waals surface area contributed by atoms with Gasteiger partial charge in [0.15, 0.2) is 0 Å². The second-order valence-corrected chi connectivity index (χ2v) is 4.48. The molecule has 1 atom stereocenters. The summed E-state index contributed by atoms with van der Waals surface area (Å²) in [6.07, 6.45) is 3.74. The molecule has 0 aromatic carbocycles. The van der Waals surface area contributed by atoms with E-state index in [0.717, 1.165) is 18.3 Å². The Kier molecular flexibility index (Phi) is 5.07. The zero-order valence-corrected chi connectivity index (χ0v) is 9.56. The van der Waals surface area contributed by atoms with E-state index in [1.54, 1.807) is 0 Å². The van der Waals surface area contributed by atoms with E-state index in [1.807, 2.05) is 0 Å². The highest BCUT2D eigenvalue weighted by molar-refractivity contribution is 6.17. The molecule has 0 aromatic heterocycles. The maximum absolute atomic E-state index is 5.64. The van der Waals surface area contributed by atoms with Crippen LogP contribution in [0.3, 0.4) is 0 Å². The van der Waals surface area contributed by atoms with Crippen molar-refractivity contribution in [2.75, 3.05) is 39.6 Å². The smallest absolute Gasteiger partial charge is 0.0229 e. The fourth-order valence-electron chi connectivity index (χ4n) is 1.87. The van der Waals surface area contributed by atoms with Crippen LogP contribution < -0.4 is 0 Å². The SMILES string of the molecule is CN(C)C1CCN(CCCCCl)C1. The number of unbranched alkanes of at least 4 members (excludes halogenated alkanes) is 1. The van der Waals surface area contributed by atoms with Crippen LogP contribution in [0.4, 0.5) is 0 Å². The molecule has 0 aliphatic carbocycles. The highest BCUT2D eigenvalue weighted by Gasteiger charge is 2.22. The molecule has 0 amide bonds. The summed E-state index contributed by atoms with van der Waals surface area (Å²) >= 11 is 5.64. The molecule has 3 heteroatoms. The van der Waals surface area contributed by atoms with Gasteiger partial charge in [0.2, 0.25) is 0 Å². The van der Waals surface area contributed by atoms with Crippen molar-refractivity contribution in [1.82, 2.24) is 9.80 Å². The van der Waals surface area contributed by atoms with Crippen molar-refractivity contribution >= 4 is 11.6 Å². The largest absolute Gasteiger partial charge is 0.305 e. The topological polar surface area (TPSA) is 6.48 Å². The first-order chi connectivity index (χ1) is 6.24. The van der Waals surface area contributed by atoms with E-state index in [-0.39, 0.29) is 0 Å². The van der Waals surface area contributed by atoms with Gasteiger partial charge in [-0.3, -0.25) is 0 Å². The summed E-state index contributed by atoms with van der Waals surface area (Å²) in [7, 11) is 4.35. The minimum atomic E-state index is 0.774. The van der Waals surface area contributed by atoms with E-state index in [0.29, 0.717) is 0 Å². The lowest BCUT2D eigenvalue weighted by Gasteiger charge is -2.20. The average Bonchev–Trinajstić information content (AvgIpc) is 2.53. The first-order valence-electron chi connectivity index (χ1n) is 5.19. The fourth-order valence-corrected chi connectivity index (χ4v) is 2.06. The van der Waals surface area contributed by atoms with Crippen LogP contribution in [-0.2, 0) is 0 Å². The molecule has 1 aliphatic heterocycles. The third-order valence-electron chi connectivity index (χ3n) is 2.84. The zero-order valence-electron chi connectivity index (χ0n) is 8.80. The molecule has 78 valence electrons. The zero-order chi connectivity index (χ0) is 9.68. The molecule has 0 bridgehead atoms. The molecule has 1 heterocycles. The van der Waals surface area contributed by atoms with Crippen molar-refractivity contribution in [3.05, 3.63) is 0 Å². The van der Waals surface area contributed by atoms with Crippen LogP contribution in [0.2, 0.25) is 0 Å². The van der Waals surface area contributed by atoms with E-state index in [2.05, 4.69) is 23.9 Å². The van der Waals surface area contributed by atoms with Gasteiger partial charge in [0, 0.05) is 18.5 Å². The molecule has 1 fully saturated rings. The number of nitrogens with zero attached hydrogens (tertiary/aromatic N) is 2. The predicted molar refractivity (Wildman–Crippen MR) is 58.5 cm³/mol. The van der Waals surface area contributed by atoms with Crippen molar-refractivity contribution in [3.8, 4) is 0 Å². The summed E-state index contributed by atoms with van der Waals surface area (Å²) in [5.74, 6) is 0.810. The first kappa shape index (κ1) is 11.3. The highest BCUT2D eigenvalue weighted by Crippen LogP contribution is 2.13. The van der Waals surface area contributed by atoms with Gasteiger partial charge in [-0.2, -0.15) is 0 Å². The van der Waals surface area contributed by atoms with Crippen LogP contribution in [0.1, 0.15) is 19.3 Å². The third-order valence-corrected chi connectivity index (χ3v) is 3.10. The molecule has 0 aromatic rings. The Morgan fingerprint density at radius 3 is 2.69 bits per heavy atom. The van der Waals surface area contributed by atoms with Crippen LogP contribution >= 0.6 is 11.6 Å². The van der Waals surface area contributed by atoms with Crippen LogP contribution in [0.25, 0.3) is 0 Å². The van der Waals surface area contributed by atoms with E-state index in [1.165, 1.54) is 32.5 Å². The number of likely N-dealkylation sites (tertiary alicyclic amines) is 1. The minimum absolute atomic E-state index is 0.774. The highest BCUT2D eigenvalue weighted by atomic mass is 35.5. The molecule has 1 aliphatic rings. The van der Waals surface area contributed by atoms with Gasteiger partial charge < -0.3 is 9.80 Å². The lowest BCUT2D eigenvalue weighted by Crippen LogP contribution is -2.31. The van der Waals surface area contributed by atoms with Crippen LogP contribution in [0.5, 0.6) is 0 Å². The third kappa shape index (κ3) is 3.84. The Morgan fingerprint density at radius 2 is 2.15 bits per heavy atom. The summed E-state index contributed by atoms with van der Waals surface area (Å²) < 4.78 is 0.